The van der Waals surface area contributed by atoms with Crippen molar-refractivity contribution in [3.05, 3.63) is 35.6 Å². The van der Waals surface area contributed by atoms with Crippen LogP contribution in [0.1, 0.15) is 25.5 Å². The van der Waals surface area contributed by atoms with Crippen LogP contribution in [-0.4, -0.2) is 94.0 Å². The van der Waals surface area contributed by atoms with Crippen molar-refractivity contribution in [3.63, 3.8) is 0 Å². The third-order valence-corrected chi connectivity index (χ3v) is 5.73. The minimum absolute atomic E-state index is 0. The van der Waals surface area contributed by atoms with E-state index in [-0.39, 0.29) is 35.8 Å². The third kappa shape index (κ3) is 8.45. The van der Waals surface area contributed by atoms with E-state index in [4.69, 9.17) is 14.5 Å². The standard InChI is InChI=1S/C22H36FN5O2.HI/c1-3-24-22(25-16-18(2)27-8-12-29-13-9-27)26-17-21(28-10-14-30-15-11-28)19-4-6-20(23)7-5-19;/h4-7,18,21H,3,8-17H2,1-2H3,(H2,24,25,26);1H. The summed E-state index contributed by atoms with van der Waals surface area (Å²) in [7, 11) is 0. The van der Waals surface area contributed by atoms with Gasteiger partial charge in [-0.05, 0) is 31.5 Å². The number of hydrogen-bond acceptors (Lipinski definition) is 5. The largest absolute Gasteiger partial charge is 0.379 e. The summed E-state index contributed by atoms with van der Waals surface area (Å²) in [5, 5.41) is 6.86. The van der Waals surface area contributed by atoms with Crippen molar-refractivity contribution in [2.75, 3.05) is 72.2 Å². The van der Waals surface area contributed by atoms with Crippen LogP contribution in [0.2, 0.25) is 0 Å². The zero-order valence-electron chi connectivity index (χ0n) is 18.7. The quantitative estimate of drug-likeness (QED) is 0.295. The summed E-state index contributed by atoms with van der Waals surface area (Å²) in [5.41, 5.74) is 1.10. The van der Waals surface area contributed by atoms with E-state index in [0.717, 1.165) is 77.2 Å². The summed E-state index contributed by atoms with van der Waals surface area (Å²) in [4.78, 5) is 9.64. The van der Waals surface area contributed by atoms with Crippen LogP contribution in [0.4, 0.5) is 4.39 Å². The molecule has 176 valence electrons. The fourth-order valence-corrected chi connectivity index (χ4v) is 3.92. The second-order valence-electron chi connectivity index (χ2n) is 7.81. The number of aliphatic imine (C=N–C) groups is 1. The van der Waals surface area contributed by atoms with Crippen LogP contribution in [0.3, 0.4) is 0 Å². The highest BCUT2D eigenvalue weighted by Gasteiger charge is 2.23. The molecule has 2 saturated heterocycles. The molecule has 2 aliphatic heterocycles. The molecule has 7 nitrogen and oxygen atoms in total. The lowest BCUT2D eigenvalue weighted by atomic mass is 10.0. The molecule has 0 aliphatic carbocycles. The number of nitrogens with zero attached hydrogens (tertiary/aromatic N) is 3. The van der Waals surface area contributed by atoms with Gasteiger partial charge >= 0.3 is 0 Å². The first-order valence-corrected chi connectivity index (χ1v) is 11.1. The van der Waals surface area contributed by atoms with E-state index < -0.39 is 0 Å². The van der Waals surface area contributed by atoms with Gasteiger partial charge in [-0.2, -0.15) is 0 Å². The average molecular weight is 549 g/mol. The van der Waals surface area contributed by atoms with Gasteiger partial charge in [0.1, 0.15) is 5.82 Å². The Morgan fingerprint density at radius 2 is 1.58 bits per heavy atom. The summed E-state index contributed by atoms with van der Waals surface area (Å²) in [6.07, 6.45) is 0. The maximum atomic E-state index is 13.4. The van der Waals surface area contributed by atoms with Crippen molar-refractivity contribution in [1.29, 1.82) is 0 Å². The van der Waals surface area contributed by atoms with Gasteiger partial charge in [-0.3, -0.25) is 14.8 Å². The van der Waals surface area contributed by atoms with Crippen LogP contribution in [0.25, 0.3) is 0 Å². The van der Waals surface area contributed by atoms with Crippen molar-refractivity contribution >= 4 is 29.9 Å². The maximum Gasteiger partial charge on any atom is 0.191 e. The lowest BCUT2D eigenvalue weighted by Crippen LogP contribution is -2.47. The fourth-order valence-electron chi connectivity index (χ4n) is 3.92. The van der Waals surface area contributed by atoms with Crippen molar-refractivity contribution in [1.82, 2.24) is 20.4 Å². The Bertz CT molecular complexity index is 652. The zero-order valence-corrected chi connectivity index (χ0v) is 21.0. The summed E-state index contributed by atoms with van der Waals surface area (Å²) in [6, 6.07) is 7.33. The molecule has 31 heavy (non-hydrogen) atoms. The van der Waals surface area contributed by atoms with Crippen LogP contribution >= 0.6 is 24.0 Å². The maximum absolute atomic E-state index is 13.4. The third-order valence-electron chi connectivity index (χ3n) is 5.73. The number of morpholine rings is 2. The van der Waals surface area contributed by atoms with Gasteiger partial charge in [0.25, 0.3) is 0 Å². The predicted molar refractivity (Wildman–Crippen MR) is 133 cm³/mol. The van der Waals surface area contributed by atoms with Gasteiger partial charge in [0.15, 0.2) is 5.96 Å². The summed E-state index contributed by atoms with van der Waals surface area (Å²) in [6.45, 7) is 13.2. The molecule has 3 rings (SSSR count). The number of guanidine groups is 1. The van der Waals surface area contributed by atoms with E-state index in [1.54, 1.807) is 0 Å². The lowest BCUT2D eigenvalue weighted by molar-refractivity contribution is 0.0169. The minimum Gasteiger partial charge on any atom is -0.379 e. The molecule has 0 bridgehead atoms. The highest BCUT2D eigenvalue weighted by molar-refractivity contribution is 14.0. The van der Waals surface area contributed by atoms with E-state index in [9.17, 15) is 4.39 Å². The van der Waals surface area contributed by atoms with Crippen molar-refractivity contribution in [2.24, 2.45) is 4.99 Å². The summed E-state index contributed by atoms with van der Waals surface area (Å²) < 4.78 is 24.4. The Hall–Kier alpha value is -1.01. The smallest absolute Gasteiger partial charge is 0.191 e. The molecule has 2 unspecified atom stereocenters. The second kappa shape index (κ2) is 14.2. The monoisotopic (exact) mass is 549 g/mol. The number of nitrogens with one attached hydrogen (secondary N) is 2. The zero-order chi connectivity index (χ0) is 21.2. The molecule has 0 radical (unpaired) electrons. The number of halogens is 2. The van der Waals surface area contributed by atoms with Gasteiger partial charge in [-0.25, -0.2) is 4.39 Å². The molecule has 9 heteroatoms. The number of benzene rings is 1. The van der Waals surface area contributed by atoms with E-state index in [2.05, 4.69) is 34.3 Å². The van der Waals surface area contributed by atoms with Crippen LogP contribution in [0.5, 0.6) is 0 Å². The van der Waals surface area contributed by atoms with E-state index >= 15 is 0 Å². The van der Waals surface area contributed by atoms with Gasteiger partial charge in [0.05, 0.1) is 39.0 Å². The first-order valence-electron chi connectivity index (χ1n) is 11.1. The van der Waals surface area contributed by atoms with Gasteiger partial charge in [-0.15, -0.1) is 24.0 Å². The van der Waals surface area contributed by atoms with E-state index in [0.29, 0.717) is 12.6 Å². The molecule has 2 N–H and O–H groups in total. The normalized spacial score (nSPS) is 20.5. The van der Waals surface area contributed by atoms with Crippen molar-refractivity contribution in [3.8, 4) is 0 Å². The highest BCUT2D eigenvalue weighted by Crippen LogP contribution is 2.21. The Morgan fingerprint density at radius 3 is 2.16 bits per heavy atom. The topological polar surface area (TPSA) is 61.4 Å². The highest BCUT2D eigenvalue weighted by atomic mass is 127. The SMILES string of the molecule is CCNC(=NCC(C)N1CCOCC1)NCC(c1ccc(F)cc1)N1CCOCC1.I. The molecule has 0 aromatic heterocycles. The molecule has 1 aromatic carbocycles. The van der Waals surface area contributed by atoms with Crippen molar-refractivity contribution < 1.29 is 13.9 Å². The van der Waals surface area contributed by atoms with Gasteiger partial charge in [-0.1, -0.05) is 12.1 Å². The Morgan fingerprint density at radius 1 is 1.00 bits per heavy atom. The molecule has 2 heterocycles. The molecule has 2 fully saturated rings. The van der Waals surface area contributed by atoms with E-state index in [1.807, 2.05) is 12.1 Å². The lowest BCUT2D eigenvalue weighted by Gasteiger charge is -2.35. The molecule has 0 amide bonds. The summed E-state index contributed by atoms with van der Waals surface area (Å²) >= 11 is 0. The summed E-state index contributed by atoms with van der Waals surface area (Å²) in [5.74, 6) is 0.609. The molecule has 2 aliphatic rings. The van der Waals surface area contributed by atoms with Gasteiger partial charge < -0.3 is 20.1 Å². The first kappa shape index (κ1) is 26.2. The van der Waals surface area contributed by atoms with E-state index in [1.165, 1.54) is 12.1 Å². The Labute approximate surface area is 202 Å². The molecule has 0 spiro atoms. The molecular formula is C22H37FIN5O2. The van der Waals surface area contributed by atoms with Crippen molar-refractivity contribution in [2.45, 2.75) is 25.9 Å². The predicted octanol–water partition coefficient (Wildman–Crippen LogP) is 2.09. The number of ether oxygens (including phenoxy) is 2. The second-order valence-corrected chi connectivity index (χ2v) is 7.81. The van der Waals surface area contributed by atoms with Crippen LogP contribution in [0, 0.1) is 5.82 Å². The first-order chi connectivity index (χ1) is 14.7. The van der Waals surface area contributed by atoms with Gasteiger partial charge in [0, 0.05) is 45.3 Å². The Balaban J connectivity index is 0.00000341. The Kier molecular flexibility index (Phi) is 12.0. The molecule has 0 saturated carbocycles. The molecule has 2 atom stereocenters. The van der Waals surface area contributed by atoms with Crippen LogP contribution in [0.15, 0.2) is 29.3 Å². The average Bonchev–Trinajstić information content (AvgIpc) is 2.79. The molecular weight excluding hydrogens is 512 g/mol. The van der Waals surface area contributed by atoms with Crippen LogP contribution < -0.4 is 10.6 Å². The minimum atomic E-state index is -0.209. The fraction of sp³-hybridized carbons (Fsp3) is 0.682. The number of rotatable bonds is 8. The number of hydrogen-bond donors (Lipinski definition) is 2. The van der Waals surface area contributed by atoms with Crippen LogP contribution in [-0.2, 0) is 9.47 Å². The van der Waals surface area contributed by atoms with Gasteiger partial charge in [0.2, 0.25) is 0 Å². The molecule has 1 aromatic rings.